The Morgan fingerprint density at radius 1 is 1.22 bits per heavy atom. The minimum absolute atomic E-state index is 0.194. The summed E-state index contributed by atoms with van der Waals surface area (Å²) in [4.78, 5) is 27.0. The molecule has 10 heteroatoms. The molecule has 1 aliphatic rings. The fourth-order valence-electron chi connectivity index (χ4n) is 3.92. The van der Waals surface area contributed by atoms with E-state index in [0.29, 0.717) is 38.5 Å². The molecule has 2 heterocycles. The normalized spacial score (nSPS) is 13.2. The predicted octanol–water partition coefficient (Wildman–Crippen LogP) is 6.92. The number of halogens is 2. The fourth-order valence-corrected chi connectivity index (χ4v) is 5.69. The standard InChI is InChI=1S/C26H22F2N2O4S2/c1-2-33-25(32)22-19-5-3-4-6-21(19)36-24(22)30-23(31)16(14-29)13-17-9-12-20(34-17)15-7-10-18(11-8-15)35-26(27)28/h7-13,26H,2-6H2,1H3,(H,30,31)/b16-13+. The van der Waals surface area contributed by atoms with Crippen LogP contribution in [0.3, 0.4) is 0 Å². The summed E-state index contributed by atoms with van der Waals surface area (Å²) < 4.78 is 36.0. The first kappa shape index (κ1) is 25.7. The van der Waals surface area contributed by atoms with Crippen LogP contribution < -0.4 is 5.32 Å². The quantitative estimate of drug-likeness (QED) is 0.148. The number of amides is 1. The summed E-state index contributed by atoms with van der Waals surface area (Å²) >= 11 is 1.80. The average Bonchev–Trinajstić information content (AvgIpc) is 3.47. The van der Waals surface area contributed by atoms with Gasteiger partial charge in [0.1, 0.15) is 28.2 Å². The van der Waals surface area contributed by atoms with Gasteiger partial charge in [-0.05, 0) is 62.4 Å². The minimum Gasteiger partial charge on any atom is -0.462 e. The Hall–Kier alpha value is -3.42. The average molecular weight is 529 g/mol. The molecule has 0 atom stereocenters. The summed E-state index contributed by atoms with van der Waals surface area (Å²) in [6.07, 6.45) is 4.87. The van der Waals surface area contributed by atoms with Crippen LogP contribution in [0.15, 0.2) is 51.3 Å². The molecule has 0 aliphatic heterocycles. The smallest absolute Gasteiger partial charge is 0.341 e. The predicted molar refractivity (Wildman–Crippen MR) is 135 cm³/mol. The lowest BCUT2D eigenvalue weighted by Crippen LogP contribution is -2.16. The number of hydrogen-bond acceptors (Lipinski definition) is 7. The number of nitrogens with zero attached hydrogens (tertiary/aromatic N) is 1. The molecule has 0 saturated carbocycles. The molecular weight excluding hydrogens is 506 g/mol. The lowest BCUT2D eigenvalue weighted by molar-refractivity contribution is -0.112. The Balaban J connectivity index is 1.54. The van der Waals surface area contributed by atoms with Gasteiger partial charge in [-0.15, -0.1) is 11.3 Å². The number of esters is 1. The van der Waals surface area contributed by atoms with Crippen LogP contribution in [-0.4, -0.2) is 24.2 Å². The van der Waals surface area contributed by atoms with Crippen LogP contribution in [-0.2, 0) is 22.4 Å². The number of fused-ring (bicyclic) bond motifs is 1. The number of rotatable bonds is 8. The molecule has 0 bridgehead atoms. The number of alkyl halides is 2. The Kier molecular flexibility index (Phi) is 8.23. The van der Waals surface area contributed by atoms with Crippen molar-refractivity contribution in [2.24, 2.45) is 0 Å². The number of anilines is 1. The van der Waals surface area contributed by atoms with E-state index in [2.05, 4.69) is 5.32 Å². The molecule has 1 aliphatic carbocycles. The summed E-state index contributed by atoms with van der Waals surface area (Å²) in [5.41, 5.74) is 1.76. The van der Waals surface area contributed by atoms with Crippen LogP contribution >= 0.6 is 23.1 Å². The summed E-state index contributed by atoms with van der Waals surface area (Å²) in [7, 11) is 0. The van der Waals surface area contributed by atoms with Crippen molar-refractivity contribution in [3.63, 3.8) is 0 Å². The van der Waals surface area contributed by atoms with Gasteiger partial charge >= 0.3 is 5.97 Å². The molecule has 0 radical (unpaired) electrons. The van der Waals surface area contributed by atoms with E-state index in [-0.39, 0.29) is 17.9 Å². The van der Waals surface area contributed by atoms with Gasteiger partial charge in [0.15, 0.2) is 0 Å². The zero-order chi connectivity index (χ0) is 25.7. The minimum atomic E-state index is -2.50. The molecule has 0 spiro atoms. The molecule has 0 unspecified atom stereocenters. The molecule has 6 nitrogen and oxygen atoms in total. The molecule has 1 amide bonds. The molecule has 3 aromatic rings. The number of thiophene rings is 1. The summed E-state index contributed by atoms with van der Waals surface area (Å²) in [5.74, 6) is -2.90. The molecule has 2 aromatic heterocycles. The molecule has 0 saturated heterocycles. The SMILES string of the molecule is CCOC(=O)c1c(NC(=O)/C(C#N)=C/c2ccc(-c3ccc(SC(F)F)cc3)o2)sc2c1CCCC2. The van der Waals surface area contributed by atoms with Crippen molar-refractivity contribution < 1.29 is 27.5 Å². The zero-order valence-electron chi connectivity index (χ0n) is 19.3. The Labute approximate surface area is 214 Å². The maximum atomic E-state index is 12.9. The number of thioether (sulfide) groups is 1. The topological polar surface area (TPSA) is 92.3 Å². The van der Waals surface area contributed by atoms with E-state index in [1.54, 1.807) is 43.3 Å². The van der Waals surface area contributed by atoms with Crippen molar-refractivity contribution in [1.82, 2.24) is 0 Å². The van der Waals surface area contributed by atoms with E-state index >= 15 is 0 Å². The number of ether oxygens (including phenoxy) is 1. The number of furan rings is 1. The molecule has 1 aromatic carbocycles. The van der Waals surface area contributed by atoms with Crippen molar-refractivity contribution in [3.05, 3.63) is 63.7 Å². The van der Waals surface area contributed by atoms with E-state index in [9.17, 15) is 23.6 Å². The third-order valence-electron chi connectivity index (χ3n) is 5.52. The van der Waals surface area contributed by atoms with Gasteiger partial charge in [-0.2, -0.15) is 14.0 Å². The molecule has 1 N–H and O–H groups in total. The van der Waals surface area contributed by atoms with E-state index in [4.69, 9.17) is 9.15 Å². The van der Waals surface area contributed by atoms with E-state index < -0.39 is 17.6 Å². The Morgan fingerprint density at radius 2 is 1.97 bits per heavy atom. The third kappa shape index (κ3) is 5.86. The van der Waals surface area contributed by atoms with E-state index in [1.807, 2.05) is 6.07 Å². The molecular formula is C26H22F2N2O4S2. The van der Waals surface area contributed by atoms with Crippen molar-refractivity contribution in [2.75, 3.05) is 11.9 Å². The summed E-state index contributed by atoms with van der Waals surface area (Å²) in [6, 6.07) is 11.6. The van der Waals surface area contributed by atoms with Crippen LogP contribution in [0.25, 0.3) is 17.4 Å². The first-order chi connectivity index (χ1) is 17.4. The first-order valence-electron chi connectivity index (χ1n) is 11.3. The largest absolute Gasteiger partial charge is 0.462 e. The Morgan fingerprint density at radius 3 is 2.67 bits per heavy atom. The number of nitrogens with one attached hydrogen (secondary N) is 1. The van der Waals surface area contributed by atoms with Gasteiger partial charge in [0.25, 0.3) is 11.7 Å². The highest BCUT2D eigenvalue weighted by Gasteiger charge is 2.28. The molecule has 36 heavy (non-hydrogen) atoms. The second-order valence-electron chi connectivity index (χ2n) is 7.86. The van der Waals surface area contributed by atoms with Crippen LogP contribution in [0, 0.1) is 11.3 Å². The van der Waals surface area contributed by atoms with Gasteiger partial charge in [0.2, 0.25) is 0 Å². The maximum Gasteiger partial charge on any atom is 0.341 e. The van der Waals surface area contributed by atoms with Gasteiger partial charge in [-0.3, -0.25) is 4.79 Å². The van der Waals surface area contributed by atoms with Crippen molar-refractivity contribution in [3.8, 4) is 17.4 Å². The van der Waals surface area contributed by atoms with Gasteiger partial charge in [-0.1, -0.05) is 23.9 Å². The van der Waals surface area contributed by atoms with Crippen molar-refractivity contribution in [1.29, 1.82) is 5.26 Å². The van der Waals surface area contributed by atoms with Crippen LogP contribution in [0.1, 0.15) is 46.3 Å². The van der Waals surface area contributed by atoms with Gasteiger partial charge in [-0.25, -0.2) is 4.79 Å². The monoisotopic (exact) mass is 528 g/mol. The molecule has 4 rings (SSSR count). The van der Waals surface area contributed by atoms with Crippen LogP contribution in [0.5, 0.6) is 0 Å². The Bertz CT molecular complexity index is 1340. The highest BCUT2D eigenvalue weighted by atomic mass is 32.2. The second kappa shape index (κ2) is 11.5. The zero-order valence-corrected chi connectivity index (χ0v) is 20.9. The van der Waals surface area contributed by atoms with Crippen LogP contribution in [0.2, 0.25) is 0 Å². The third-order valence-corrected chi connectivity index (χ3v) is 7.45. The number of benzene rings is 1. The van der Waals surface area contributed by atoms with E-state index in [1.165, 1.54) is 17.4 Å². The highest BCUT2D eigenvalue weighted by molar-refractivity contribution is 7.99. The van der Waals surface area contributed by atoms with Gasteiger partial charge in [0.05, 0.1) is 12.2 Å². The summed E-state index contributed by atoms with van der Waals surface area (Å²) in [6.45, 7) is 1.94. The van der Waals surface area contributed by atoms with Crippen molar-refractivity contribution >= 4 is 46.1 Å². The maximum absolute atomic E-state index is 12.9. The molecule has 0 fully saturated rings. The van der Waals surface area contributed by atoms with Gasteiger partial charge in [0, 0.05) is 21.4 Å². The first-order valence-corrected chi connectivity index (χ1v) is 13.0. The number of aryl methyl sites for hydroxylation is 1. The lowest BCUT2D eigenvalue weighted by Gasteiger charge is -2.12. The van der Waals surface area contributed by atoms with Gasteiger partial charge < -0.3 is 14.5 Å². The lowest BCUT2D eigenvalue weighted by atomic mass is 9.95. The number of hydrogen-bond donors (Lipinski definition) is 1. The van der Waals surface area contributed by atoms with Crippen molar-refractivity contribution in [2.45, 2.75) is 43.3 Å². The van der Waals surface area contributed by atoms with E-state index in [0.717, 1.165) is 36.1 Å². The number of nitriles is 1. The fraction of sp³-hybridized carbons (Fsp3) is 0.269. The number of carbonyl (C=O) groups is 2. The summed E-state index contributed by atoms with van der Waals surface area (Å²) in [5, 5.41) is 12.7. The second-order valence-corrected chi connectivity index (χ2v) is 10.0. The highest BCUT2D eigenvalue weighted by Crippen LogP contribution is 2.39. The van der Waals surface area contributed by atoms with Crippen LogP contribution in [0.4, 0.5) is 13.8 Å². The number of carbonyl (C=O) groups excluding carboxylic acids is 2. The molecule has 186 valence electrons.